The van der Waals surface area contributed by atoms with Crippen LogP contribution in [0.15, 0.2) is 22.0 Å². The molecule has 0 fully saturated rings. The predicted octanol–water partition coefficient (Wildman–Crippen LogP) is 4.58. The molecule has 1 heterocycles. The van der Waals surface area contributed by atoms with E-state index in [0.29, 0.717) is 33.7 Å². The number of aromatic nitrogens is 3. The number of H-pyrrole nitrogens is 1. The topological polar surface area (TPSA) is 72.3 Å². The highest BCUT2D eigenvalue weighted by molar-refractivity contribution is 7.71. The van der Waals surface area contributed by atoms with Crippen molar-refractivity contribution in [2.75, 3.05) is 6.61 Å². The van der Waals surface area contributed by atoms with Gasteiger partial charge in [-0.1, -0.05) is 50.9 Å². The number of hydrogen-bond acceptors (Lipinski definition) is 5. The molecule has 9 heteroatoms. The lowest BCUT2D eigenvalue weighted by molar-refractivity contribution is 0.318. The highest BCUT2D eigenvalue weighted by Gasteiger charge is 2.21. The molecular formula is C17H20Cl2N4O2S. The molecule has 1 aromatic carbocycles. The normalized spacial score (nSPS) is 11.9. The Balaban J connectivity index is 2.42. The summed E-state index contributed by atoms with van der Waals surface area (Å²) < 4.78 is 6.72. The van der Waals surface area contributed by atoms with Gasteiger partial charge in [-0.2, -0.15) is 14.9 Å². The van der Waals surface area contributed by atoms with Gasteiger partial charge in [0, 0.05) is 5.41 Å². The minimum absolute atomic E-state index is 0.0966. The van der Waals surface area contributed by atoms with E-state index in [4.69, 9.17) is 40.2 Å². The Morgan fingerprint density at radius 1 is 1.35 bits per heavy atom. The van der Waals surface area contributed by atoms with E-state index in [2.05, 4.69) is 15.3 Å². The highest BCUT2D eigenvalue weighted by Crippen LogP contribution is 2.33. The number of hydrogen-bond donors (Lipinski definition) is 1. The zero-order chi connectivity index (χ0) is 19.5. The lowest BCUT2D eigenvalue weighted by atomic mass is 9.93. The van der Waals surface area contributed by atoms with Crippen molar-refractivity contribution in [1.29, 1.82) is 0 Å². The van der Waals surface area contributed by atoms with Gasteiger partial charge in [0.25, 0.3) is 5.56 Å². The second kappa shape index (κ2) is 8.33. The molecule has 0 bridgehead atoms. The molecule has 0 saturated heterocycles. The van der Waals surface area contributed by atoms with Gasteiger partial charge in [0.2, 0.25) is 4.77 Å². The lowest BCUT2D eigenvalue weighted by Gasteiger charge is -2.16. The molecule has 0 spiro atoms. The molecule has 2 rings (SSSR count). The molecule has 0 aliphatic carbocycles. The van der Waals surface area contributed by atoms with Crippen molar-refractivity contribution in [3.05, 3.63) is 48.6 Å². The van der Waals surface area contributed by atoms with Crippen molar-refractivity contribution in [1.82, 2.24) is 14.9 Å². The number of halogens is 2. The number of nitrogens with one attached hydrogen (secondary N) is 1. The first-order valence-electron chi connectivity index (χ1n) is 8.03. The largest absolute Gasteiger partial charge is 0.490 e. The van der Waals surface area contributed by atoms with Gasteiger partial charge in [-0.15, -0.1) is 0 Å². The number of ether oxygens (including phenoxy) is 1. The van der Waals surface area contributed by atoms with Gasteiger partial charge in [-0.25, -0.2) is 0 Å². The average Bonchev–Trinajstić information content (AvgIpc) is 2.52. The molecule has 26 heavy (non-hydrogen) atoms. The van der Waals surface area contributed by atoms with E-state index in [0.717, 1.165) is 11.1 Å². The van der Waals surface area contributed by atoms with Crippen molar-refractivity contribution in [3.63, 3.8) is 0 Å². The quantitative estimate of drug-likeness (QED) is 0.573. The van der Waals surface area contributed by atoms with E-state index in [-0.39, 0.29) is 10.3 Å². The molecule has 0 unspecified atom stereocenters. The summed E-state index contributed by atoms with van der Waals surface area (Å²) in [5.74, 6) is 0.431. The van der Waals surface area contributed by atoms with Crippen LogP contribution in [0.2, 0.25) is 10.0 Å². The number of nitrogens with zero attached hydrogens (tertiary/aromatic N) is 3. The summed E-state index contributed by atoms with van der Waals surface area (Å²) in [5, 5.41) is 11.6. The number of benzene rings is 1. The van der Waals surface area contributed by atoms with E-state index in [1.807, 2.05) is 27.7 Å². The Morgan fingerprint density at radius 2 is 1.96 bits per heavy atom. The summed E-state index contributed by atoms with van der Waals surface area (Å²) in [6, 6.07) is 3.32. The molecule has 6 nitrogen and oxygen atoms in total. The molecule has 140 valence electrons. The van der Waals surface area contributed by atoms with Crippen molar-refractivity contribution in [2.45, 2.75) is 39.5 Å². The molecule has 0 aliphatic heterocycles. The van der Waals surface area contributed by atoms with E-state index in [9.17, 15) is 4.79 Å². The van der Waals surface area contributed by atoms with Gasteiger partial charge in [0.05, 0.1) is 22.9 Å². The molecule has 0 aliphatic rings. The van der Waals surface area contributed by atoms with E-state index < -0.39 is 5.41 Å². The summed E-state index contributed by atoms with van der Waals surface area (Å²) in [6.07, 6.45) is 2.30. The van der Waals surface area contributed by atoms with Gasteiger partial charge in [-0.05, 0) is 36.3 Å². The maximum absolute atomic E-state index is 12.6. The van der Waals surface area contributed by atoms with Crippen molar-refractivity contribution < 1.29 is 4.74 Å². The molecular weight excluding hydrogens is 395 g/mol. The summed E-state index contributed by atoms with van der Waals surface area (Å²) in [4.78, 5) is 12.6. The minimum atomic E-state index is -0.446. The van der Waals surface area contributed by atoms with E-state index >= 15 is 0 Å². The van der Waals surface area contributed by atoms with E-state index in [1.54, 1.807) is 12.1 Å². The number of rotatable bonds is 5. The predicted molar refractivity (Wildman–Crippen MR) is 108 cm³/mol. The summed E-state index contributed by atoms with van der Waals surface area (Å²) in [6.45, 7) is 8.16. The molecule has 0 atom stereocenters. The minimum Gasteiger partial charge on any atom is -0.490 e. The zero-order valence-electron chi connectivity index (χ0n) is 15.0. The van der Waals surface area contributed by atoms with Gasteiger partial charge in [0.1, 0.15) is 5.69 Å². The van der Waals surface area contributed by atoms with Crippen LogP contribution in [0.3, 0.4) is 0 Å². The van der Waals surface area contributed by atoms with Crippen LogP contribution in [0, 0.1) is 4.77 Å². The Hall–Kier alpha value is -1.70. The maximum Gasteiger partial charge on any atom is 0.297 e. The SMILES string of the molecule is CCCOc1c(Cl)cc(/C=N\n2c(=S)[nH]nc(C(C)(C)C)c2=O)cc1Cl. The second-order valence-corrected chi connectivity index (χ2v) is 7.85. The Labute approximate surface area is 166 Å². The summed E-state index contributed by atoms with van der Waals surface area (Å²) in [5.41, 5.74) is 0.123. The molecule has 0 amide bonds. The first-order valence-corrected chi connectivity index (χ1v) is 9.20. The van der Waals surface area contributed by atoms with Crippen LogP contribution >= 0.6 is 35.4 Å². The molecule has 0 saturated carbocycles. The second-order valence-electron chi connectivity index (χ2n) is 6.65. The Kier molecular flexibility index (Phi) is 6.60. The van der Waals surface area contributed by atoms with Crippen LogP contribution in [-0.4, -0.2) is 27.7 Å². The van der Waals surface area contributed by atoms with E-state index in [1.165, 1.54) is 6.21 Å². The number of aromatic amines is 1. The smallest absolute Gasteiger partial charge is 0.297 e. The molecule has 1 N–H and O–H groups in total. The average molecular weight is 415 g/mol. The van der Waals surface area contributed by atoms with Crippen molar-refractivity contribution in [2.24, 2.45) is 5.10 Å². The monoisotopic (exact) mass is 414 g/mol. The van der Waals surface area contributed by atoms with Gasteiger partial charge in [-0.3, -0.25) is 9.89 Å². The maximum atomic E-state index is 12.6. The highest BCUT2D eigenvalue weighted by atomic mass is 35.5. The Morgan fingerprint density at radius 3 is 2.50 bits per heavy atom. The fraction of sp³-hybridized carbons (Fsp3) is 0.412. The first-order chi connectivity index (χ1) is 12.1. The summed E-state index contributed by atoms with van der Waals surface area (Å²) >= 11 is 17.6. The van der Waals surface area contributed by atoms with Crippen LogP contribution in [0.25, 0.3) is 0 Å². The molecule has 0 radical (unpaired) electrons. The zero-order valence-corrected chi connectivity index (χ0v) is 17.3. The van der Waals surface area contributed by atoms with Gasteiger partial charge < -0.3 is 4.74 Å². The van der Waals surface area contributed by atoms with Crippen molar-refractivity contribution >= 4 is 41.6 Å². The van der Waals surface area contributed by atoms with Crippen LogP contribution in [0.4, 0.5) is 0 Å². The van der Waals surface area contributed by atoms with Gasteiger partial charge in [0.15, 0.2) is 5.75 Å². The summed E-state index contributed by atoms with van der Waals surface area (Å²) in [7, 11) is 0. The standard InChI is InChI=1S/C17H20Cl2N4O2S/c1-5-6-25-13-11(18)7-10(8-12(13)19)9-20-23-15(24)14(17(2,3)4)21-22-16(23)26/h7-9H,5-6H2,1-4H3,(H,22,26)/b20-9-. The molecule has 1 aromatic heterocycles. The third-order valence-corrected chi connectivity index (χ3v) is 4.18. The Bertz CT molecular complexity index is 922. The van der Waals surface area contributed by atoms with Crippen LogP contribution in [-0.2, 0) is 5.41 Å². The first kappa shape index (κ1) is 20.6. The van der Waals surface area contributed by atoms with Crippen molar-refractivity contribution in [3.8, 4) is 5.75 Å². The van der Waals surface area contributed by atoms with Crippen LogP contribution < -0.4 is 10.3 Å². The third-order valence-electron chi connectivity index (χ3n) is 3.35. The lowest BCUT2D eigenvalue weighted by Crippen LogP contribution is -2.32. The van der Waals surface area contributed by atoms with Gasteiger partial charge >= 0.3 is 0 Å². The van der Waals surface area contributed by atoms with Crippen LogP contribution in [0.1, 0.15) is 45.4 Å². The fourth-order valence-electron chi connectivity index (χ4n) is 2.11. The fourth-order valence-corrected chi connectivity index (χ4v) is 2.89. The molecule has 2 aromatic rings. The van der Waals surface area contributed by atoms with Crippen LogP contribution in [0.5, 0.6) is 5.75 Å². The third kappa shape index (κ3) is 4.72.